The van der Waals surface area contributed by atoms with E-state index in [-0.39, 0.29) is 0 Å². The minimum atomic E-state index is 0.880. The normalized spacial score (nSPS) is 10.5. The Bertz CT molecular complexity index is 575. The first-order valence-electron chi connectivity index (χ1n) is 6.55. The van der Waals surface area contributed by atoms with Gasteiger partial charge in [-0.3, -0.25) is 0 Å². The maximum atomic E-state index is 3.51. The third kappa shape index (κ3) is 3.54. The maximum absolute atomic E-state index is 3.51. The van der Waals surface area contributed by atoms with Crippen molar-refractivity contribution in [2.75, 3.05) is 11.6 Å². The maximum Gasteiger partial charge on any atom is 0.0403 e. The van der Waals surface area contributed by atoms with E-state index in [4.69, 9.17) is 0 Å². The topological polar surface area (TPSA) is 12.0 Å². The zero-order chi connectivity index (χ0) is 13.8. The fraction of sp³-hybridized carbons (Fsp3) is 0.294. The van der Waals surface area contributed by atoms with Crippen molar-refractivity contribution in [1.29, 1.82) is 0 Å². The van der Waals surface area contributed by atoms with E-state index in [0.717, 1.165) is 6.54 Å². The average molecular weight is 271 g/mol. The molecule has 0 saturated carbocycles. The minimum absolute atomic E-state index is 0.880. The van der Waals surface area contributed by atoms with E-state index in [2.05, 4.69) is 68.7 Å². The third-order valence-corrected chi connectivity index (χ3v) is 4.23. The van der Waals surface area contributed by atoms with Crippen molar-refractivity contribution in [2.45, 2.75) is 32.2 Å². The van der Waals surface area contributed by atoms with E-state index >= 15 is 0 Å². The van der Waals surface area contributed by atoms with Crippen molar-refractivity contribution < 1.29 is 0 Å². The molecule has 0 bridgehead atoms. The van der Waals surface area contributed by atoms with Gasteiger partial charge in [0.15, 0.2) is 0 Å². The molecule has 0 heterocycles. The highest BCUT2D eigenvalue weighted by Crippen LogP contribution is 2.21. The highest BCUT2D eigenvalue weighted by atomic mass is 32.2. The van der Waals surface area contributed by atoms with Gasteiger partial charge < -0.3 is 5.32 Å². The van der Waals surface area contributed by atoms with Gasteiger partial charge in [-0.25, -0.2) is 0 Å². The van der Waals surface area contributed by atoms with Gasteiger partial charge in [0.25, 0.3) is 0 Å². The number of hydrogen-bond donors (Lipinski definition) is 1. The molecule has 1 nitrogen and oxygen atoms in total. The summed E-state index contributed by atoms with van der Waals surface area (Å²) in [7, 11) is 0. The Hall–Kier alpha value is -1.41. The molecule has 2 aromatic rings. The lowest BCUT2D eigenvalue weighted by Crippen LogP contribution is -2.02. The van der Waals surface area contributed by atoms with E-state index in [9.17, 15) is 0 Å². The summed E-state index contributed by atoms with van der Waals surface area (Å²) in [4.78, 5) is 1.29. The van der Waals surface area contributed by atoms with Crippen LogP contribution < -0.4 is 5.32 Å². The smallest absolute Gasteiger partial charge is 0.0403 e. The molecule has 0 radical (unpaired) electrons. The molecular formula is C17H21NS. The van der Waals surface area contributed by atoms with Crippen molar-refractivity contribution in [1.82, 2.24) is 0 Å². The minimum Gasteiger partial charge on any atom is -0.381 e. The molecule has 0 aliphatic carbocycles. The first-order valence-corrected chi connectivity index (χ1v) is 7.77. The Balaban J connectivity index is 2.12. The van der Waals surface area contributed by atoms with Crippen LogP contribution in [0.1, 0.15) is 22.3 Å². The van der Waals surface area contributed by atoms with Gasteiger partial charge >= 0.3 is 0 Å². The Morgan fingerprint density at radius 3 is 2.42 bits per heavy atom. The van der Waals surface area contributed by atoms with Crippen molar-refractivity contribution in [3.05, 3.63) is 58.7 Å². The Morgan fingerprint density at radius 1 is 0.947 bits per heavy atom. The second kappa shape index (κ2) is 6.16. The van der Waals surface area contributed by atoms with Gasteiger partial charge in [0.1, 0.15) is 0 Å². The molecule has 1 N–H and O–H groups in total. The molecule has 0 aromatic heterocycles. The molecule has 0 atom stereocenters. The molecule has 2 aromatic carbocycles. The van der Waals surface area contributed by atoms with Crippen LogP contribution in [0.15, 0.2) is 41.3 Å². The average Bonchev–Trinajstić information content (AvgIpc) is 2.41. The summed E-state index contributed by atoms with van der Waals surface area (Å²) in [5, 5.41) is 3.51. The van der Waals surface area contributed by atoms with Crippen LogP contribution >= 0.6 is 11.8 Å². The van der Waals surface area contributed by atoms with E-state index in [0.29, 0.717) is 0 Å². The molecule has 2 heteroatoms. The molecule has 0 unspecified atom stereocenters. The van der Waals surface area contributed by atoms with Gasteiger partial charge in [-0.2, -0.15) is 0 Å². The van der Waals surface area contributed by atoms with Crippen LogP contribution in [-0.2, 0) is 6.54 Å². The van der Waals surface area contributed by atoms with Gasteiger partial charge in [-0.1, -0.05) is 18.2 Å². The first-order chi connectivity index (χ1) is 9.10. The lowest BCUT2D eigenvalue weighted by atomic mass is 10.0. The Morgan fingerprint density at radius 2 is 1.68 bits per heavy atom. The van der Waals surface area contributed by atoms with Gasteiger partial charge in [0.2, 0.25) is 0 Å². The van der Waals surface area contributed by atoms with Crippen LogP contribution in [0.25, 0.3) is 0 Å². The highest BCUT2D eigenvalue weighted by molar-refractivity contribution is 7.98. The second-order valence-electron chi connectivity index (χ2n) is 4.95. The van der Waals surface area contributed by atoms with Crippen molar-refractivity contribution in [2.24, 2.45) is 0 Å². The molecular weight excluding hydrogens is 250 g/mol. The second-order valence-corrected chi connectivity index (χ2v) is 5.83. The molecule has 0 saturated heterocycles. The molecule has 0 fully saturated rings. The van der Waals surface area contributed by atoms with Crippen LogP contribution in [0.3, 0.4) is 0 Å². The van der Waals surface area contributed by atoms with Crippen LogP contribution in [-0.4, -0.2) is 6.26 Å². The number of rotatable bonds is 4. The predicted molar refractivity (Wildman–Crippen MR) is 86.2 cm³/mol. The lowest BCUT2D eigenvalue weighted by molar-refractivity contribution is 1.10. The number of nitrogens with one attached hydrogen (secondary N) is 1. The molecule has 19 heavy (non-hydrogen) atoms. The van der Waals surface area contributed by atoms with Crippen LogP contribution in [0.5, 0.6) is 0 Å². The van der Waals surface area contributed by atoms with Gasteiger partial charge in [-0.05, 0) is 67.5 Å². The van der Waals surface area contributed by atoms with Crippen molar-refractivity contribution in [3.8, 4) is 0 Å². The molecule has 0 spiro atoms. The summed E-state index contributed by atoms with van der Waals surface area (Å²) in [6.07, 6.45) is 2.10. The highest BCUT2D eigenvalue weighted by Gasteiger charge is 2.02. The number of benzene rings is 2. The van der Waals surface area contributed by atoms with E-state index < -0.39 is 0 Å². The van der Waals surface area contributed by atoms with E-state index in [1.54, 1.807) is 11.8 Å². The largest absolute Gasteiger partial charge is 0.381 e. The summed E-state index contributed by atoms with van der Waals surface area (Å²) in [6, 6.07) is 13.1. The molecule has 2 rings (SSSR count). The monoisotopic (exact) mass is 271 g/mol. The summed E-state index contributed by atoms with van der Waals surface area (Å²) in [5.74, 6) is 0. The Labute approximate surface area is 120 Å². The van der Waals surface area contributed by atoms with Gasteiger partial charge in [0.05, 0.1) is 0 Å². The lowest BCUT2D eigenvalue weighted by Gasteiger charge is -2.12. The van der Waals surface area contributed by atoms with Gasteiger partial charge in [-0.15, -0.1) is 11.8 Å². The zero-order valence-corrected chi connectivity index (χ0v) is 12.9. The number of anilines is 1. The predicted octanol–water partition coefficient (Wildman–Crippen LogP) is 4.95. The summed E-state index contributed by atoms with van der Waals surface area (Å²) in [6.45, 7) is 7.40. The molecule has 0 aliphatic rings. The molecule has 100 valence electrons. The van der Waals surface area contributed by atoms with Crippen LogP contribution in [0.2, 0.25) is 0 Å². The molecule has 0 aliphatic heterocycles. The number of aryl methyl sites for hydroxylation is 3. The Kier molecular flexibility index (Phi) is 4.54. The number of hydrogen-bond acceptors (Lipinski definition) is 2. The fourth-order valence-electron chi connectivity index (χ4n) is 2.14. The van der Waals surface area contributed by atoms with Crippen LogP contribution in [0, 0.1) is 20.8 Å². The van der Waals surface area contributed by atoms with Crippen LogP contribution in [0.4, 0.5) is 5.69 Å². The quantitative estimate of drug-likeness (QED) is 0.790. The van der Waals surface area contributed by atoms with Crippen molar-refractivity contribution in [3.63, 3.8) is 0 Å². The van der Waals surface area contributed by atoms with Crippen molar-refractivity contribution >= 4 is 17.4 Å². The third-order valence-electron chi connectivity index (χ3n) is 3.50. The van der Waals surface area contributed by atoms with E-state index in [1.807, 2.05) is 0 Å². The SMILES string of the molecule is CSc1cccc(NCc2cc(C)c(C)cc2C)c1. The number of thioether (sulfide) groups is 1. The summed E-state index contributed by atoms with van der Waals surface area (Å²) in [5.41, 5.74) is 6.64. The zero-order valence-electron chi connectivity index (χ0n) is 12.1. The van der Waals surface area contributed by atoms with E-state index in [1.165, 1.54) is 32.8 Å². The fourth-order valence-corrected chi connectivity index (χ4v) is 2.60. The standard InChI is InChI=1S/C17H21NS/c1-12-8-14(3)15(9-13(12)2)11-18-16-6-5-7-17(10-16)19-4/h5-10,18H,11H2,1-4H3. The summed E-state index contributed by atoms with van der Waals surface area (Å²) >= 11 is 1.77. The van der Waals surface area contributed by atoms with Gasteiger partial charge in [0, 0.05) is 17.1 Å². The summed E-state index contributed by atoms with van der Waals surface area (Å²) < 4.78 is 0. The molecule has 0 amide bonds. The first kappa shape index (κ1) is 14.0.